The number of aryl methyl sites for hydroxylation is 2. The number of amides is 1. The van der Waals surface area contributed by atoms with Gasteiger partial charge in [-0.15, -0.1) is 0 Å². The molecule has 1 saturated heterocycles. The van der Waals surface area contributed by atoms with Gasteiger partial charge < -0.3 is 0 Å². The number of thiazole rings is 1. The highest BCUT2D eigenvalue weighted by Crippen LogP contribution is 2.33. The van der Waals surface area contributed by atoms with Crippen LogP contribution in [0.4, 0.5) is 5.13 Å². The largest absolute Gasteiger partial charge is 0.279 e. The molecular formula is C28H30N4O3S2. The van der Waals surface area contributed by atoms with Crippen LogP contribution in [0.5, 0.6) is 0 Å². The molecule has 2 aromatic heterocycles. The highest BCUT2D eigenvalue weighted by molar-refractivity contribution is 7.89. The van der Waals surface area contributed by atoms with Crippen LogP contribution >= 0.6 is 11.3 Å². The Balaban J connectivity index is 1.48. The Labute approximate surface area is 221 Å². The molecule has 1 amide bonds. The van der Waals surface area contributed by atoms with E-state index in [-0.39, 0.29) is 10.8 Å². The lowest BCUT2D eigenvalue weighted by molar-refractivity contribution is 0.0985. The van der Waals surface area contributed by atoms with E-state index >= 15 is 0 Å². The monoisotopic (exact) mass is 534 g/mol. The number of hydrogen-bond acceptors (Lipinski definition) is 6. The van der Waals surface area contributed by atoms with Crippen LogP contribution in [0.3, 0.4) is 0 Å². The third kappa shape index (κ3) is 5.16. The quantitative estimate of drug-likeness (QED) is 0.323. The lowest BCUT2D eigenvalue weighted by Gasteiger charge is -2.30. The molecular weight excluding hydrogens is 504 g/mol. The van der Waals surface area contributed by atoms with Gasteiger partial charge in [0, 0.05) is 31.0 Å². The number of rotatable bonds is 6. The van der Waals surface area contributed by atoms with Crippen molar-refractivity contribution in [2.45, 2.75) is 45.1 Å². The van der Waals surface area contributed by atoms with Crippen molar-refractivity contribution in [1.29, 1.82) is 0 Å². The standard InChI is InChI=1S/C28H30N4O3S2/c1-19-6-5-15-31(17-19)37(34,35)24-11-9-23(10-12-24)27(33)32(18-22-7-4-14-29-16-22)28-30-26-21(3)20(2)8-13-25(26)36-28/h4,7-14,16,19H,5-6,15,17-18H2,1-3H3. The highest BCUT2D eigenvalue weighted by atomic mass is 32.2. The van der Waals surface area contributed by atoms with Crippen molar-refractivity contribution >= 4 is 42.6 Å². The van der Waals surface area contributed by atoms with Crippen LogP contribution in [0.25, 0.3) is 10.2 Å². The summed E-state index contributed by atoms with van der Waals surface area (Å²) in [7, 11) is -3.59. The second-order valence-corrected chi connectivity index (χ2v) is 12.7. The number of anilines is 1. The molecule has 1 fully saturated rings. The van der Waals surface area contributed by atoms with Crippen molar-refractivity contribution in [1.82, 2.24) is 14.3 Å². The normalized spacial score (nSPS) is 16.7. The van der Waals surface area contributed by atoms with Gasteiger partial charge in [-0.05, 0) is 85.7 Å². The Morgan fingerprint density at radius 3 is 2.62 bits per heavy atom. The van der Waals surface area contributed by atoms with E-state index in [1.54, 1.807) is 33.7 Å². The van der Waals surface area contributed by atoms with Crippen molar-refractivity contribution in [3.8, 4) is 0 Å². The molecule has 1 aliphatic rings. The van der Waals surface area contributed by atoms with Crippen molar-refractivity contribution in [2.24, 2.45) is 5.92 Å². The predicted octanol–water partition coefficient (Wildman–Crippen LogP) is 5.58. The molecule has 1 unspecified atom stereocenters. The Morgan fingerprint density at radius 2 is 1.92 bits per heavy atom. The van der Waals surface area contributed by atoms with Crippen molar-refractivity contribution in [3.05, 3.63) is 83.2 Å². The number of fused-ring (bicyclic) bond motifs is 1. The fourth-order valence-electron chi connectivity index (χ4n) is 4.67. The zero-order chi connectivity index (χ0) is 26.2. The van der Waals surface area contributed by atoms with Crippen molar-refractivity contribution in [3.63, 3.8) is 0 Å². The SMILES string of the molecule is Cc1ccc2sc(N(Cc3cccnc3)C(=O)c3ccc(S(=O)(=O)N4CCCC(C)C4)cc3)nc2c1C. The zero-order valence-electron chi connectivity index (χ0n) is 21.2. The molecule has 1 aliphatic heterocycles. The van der Waals surface area contributed by atoms with Crippen LogP contribution in [0.15, 0.2) is 65.8 Å². The summed E-state index contributed by atoms with van der Waals surface area (Å²) >= 11 is 1.47. The zero-order valence-corrected chi connectivity index (χ0v) is 22.8. The number of hydrogen-bond donors (Lipinski definition) is 0. The number of carbonyl (C=O) groups excluding carboxylic acids is 1. The number of carbonyl (C=O) groups is 1. The van der Waals surface area contributed by atoms with Gasteiger partial charge in [-0.25, -0.2) is 13.4 Å². The Bertz CT molecular complexity index is 1530. The third-order valence-corrected chi connectivity index (χ3v) is 9.89. The molecule has 3 heterocycles. The maximum Gasteiger partial charge on any atom is 0.260 e. The second-order valence-electron chi connectivity index (χ2n) is 9.74. The maximum absolute atomic E-state index is 13.8. The highest BCUT2D eigenvalue weighted by Gasteiger charge is 2.29. The summed E-state index contributed by atoms with van der Waals surface area (Å²) in [4.78, 5) is 24.7. The van der Waals surface area contributed by atoms with Crippen LogP contribution < -0.4 is 4.90 Å². The number of benzene rings is 2. The van der Waals surface area contributed by atoms with Gasteiger partial charge in [-0.2, -0.15) is 4.31 Å². The minimum absolute atomic E-state index is 0.211. The molecule has 0 saturated carbocycles. The topological polar surface area (TPSA) is 83.5 Å². The molecule has 9 heteroatoms. The first-order valence-electron chi connectivity index (χ1n) is 12.4. The van der Waals surface area contributed by atoms with Gasteiger partial charge in [0.1, 0.15) is 0 Å². The summed E-state index contributed by atoms with van der Waals surface area (Å²) in [6, 6.07) is 14.1. The van der Waals surface area contributed by atoms with Gasteiger partial charge >= 0.3 is 0 Å². The molecule has 1 atom stereocenters. The fourth-order valence-corrected chi connectivity index (χ4v) is 7.29. The minimum Gasteiger partial charge on any atom is -0.279 e. The molecule has 4 aromatic rings. The average Bonchev–Trinajstić information content (AvgIpc) is 3.34. The summed E-state index contributed by atoms with van der Waals surface area (Å²) in [5, 5.41) is 0.594. The number of sulfonamides is 1. The Morgan fingerprint density at radius 1 is 1.14 bits per heavy atom. The first-order valence-corrected chi connectivity index (χ1v) is 14.7. The third-order valence-electron chi connectivity index (χ3n) is 6.97. The summed E-state index contributed by atoms with van der Waals surface area (Å²) in [6.45, 7) is 7.52. The molecule has 37 heavy (non-hydrogen) atoms. The molecule has 0 N–H and O–H groups in total. The first-order chi connectivity index (χ1) is 17.7. The van der Waals surface area contributed by atoms with Crippen molar-refractivity contribution in [2.75, 3.05) is 18.0 Å². The minimum atomic E-state index is -3.59. The number of pyridine rings is 1. The maximum atomic E-state index is 13.8. The van der Waals surface area contributed by atoms with Gasteiger partial charge in [0.25, 0.3) is 5.91 Å². The molecule has 192 valence electrons. The number of piperidine rings is 1. The van der Waals surface area contributed by atoms with E-state index in [0.29, 0.717) is 36.2 Å². The smallest absolute Gasteiger partial charge is 0.260 e. The Kier molecular flexibility index (Phi) is 7.11. The lowest BCUT2D eigenvalue weighted by atomic mass is 10.0. The number of aromatic nitrogens is 2. The van der Waals surface area contributed by atoms with E-state index in [1.165, 1.54) is 23.5 Å². The molecule has 0 bridgehead atoms. The number of nitrogens with zero attached hydrogens (tertiary/aromatic N) is 4. The molecule has 0 radical (unpaired) electrons. The van der Waals surface area contributed by atoms with Gasteiger partial charge in [0.2, 0.25) is 10.0 Å². The summed E-state index contributed by atoms with van der Waals surface area (Å²) in [5.74, 6) is 0.0967. The van der Waals surface area contributed by atoms with E-state index in [1.807, 2.05) is 32.0 Å². The van der Waals surface area contributed by atoms with Crippen molar-refractivity contribution < 1.29 is 13.2 Å². The molecule has 0 aliphatic carbocycles. The van der Waals surface area contributed by atoms with Crippen LogP contribution in [-0.2, 0) is 16.6 Å². The fraction of sp³-hybridized carbons (Fsp3) is 0.321. The van der Waals surface area contributed by atoms with Gasteiger partial charge in [0.15, 0.2) is 5.13 Å². The van der Waals surface area contributed by atoms with Crippen LogP contribution in [0, 0.1) is 19.8 Å². The van der Waals surface area contributed by atoms with E-state index < -0.39 is 10.0 Å². The van der Waals surface area contributed by atoms with Crippen LogP contribution in [-0.4, -0.2) is 41.7 Å². The summed E-state index contributed by atoms with van der Waals surface area (Å²) < 4.78 is 28.9. The molecule has 5 rings (SSSR count). The molecule has 0 spiro atoms. The van der Waals surface area contributed by atoms with Gasteiger partial charge in [0.05, 0.1) is 21.7 Å². The predicted molar refractivity (Wildman–Crippen MR) is 147 cm³/mol. The Hall–Kier alpha value is -3.14. The average molecular weight is 535 g/mol. The van der Waals surface area contributed by atoms with E-state index in [0.717, 1.165) is 39.7 Å². The van der Waals surface area contributed by atoms with E-state index in [2.05, 4.69) is 18.0 Å². The second kappa shape index (κ2) is 10.3. The summed E-state index contributed by atoms with van der Waals surface area (Å²) in [6.07, 6.45) is 5.33. The van der Waals surface area contributed by atoms with Gasteiger partial charge in [-0.3, -0.25) is 14.7 Å². The van der Waals surface area contributed by atoms with Crippen LogP contribution in [0.2, 0.25) is 0 Å². The molecule has 7 nitrogen and oxygen atoms in total. The summed E-state index contributed by atoms with van der Waals surface area (Å²) in [5.41, 5.74) is 4.41. The van der Waals surface area contributed by atoms with Gasteiger partial charge in [-0.1, -0.05) is 30.4 Å². The first kappa shape index (κ1) is 25.5. The van der Waals surface area contributed by atoms with E-state index in [9.17, 15) is 13.2 Å². The lowest BCUT2D eigenvalue weighted by Crippen LogP contribution is -2.39. The molecule has 2 aromatic carbocycles. The van der Waals surface area contributed by atoms with E-state index in [4.69, 9.17) is 4.98 Å². The van der Waals surface area contributed by atoms with Crippen LogP contribution in [0.1, 0.15) is 46.8 Å².